The zero-order valence-electron chi connectivity index (χ0n) is 15.7. The number of hydrogen-bond acceptors (Lipinski definition) is 4. The minimum atomic E-state index is -0.496. The average Bonchev–Trinajstić information content (AvgIpc) is 3.08. The number of fused-ring (bicyclic) bond motifs is 1. The van der Waals surface area contributed by atoms with Crippen molar-refractivity contribution in [1.29, 1.82) is 0 Å². The Morgan fingerprint density at radius 1 is 1.07 bits per heavy atom. The Morgan fingerprint density at radius 3 is 2.61 bits per heavy atom. The van der Waals surface area contributed by atoms with Gasteiger partial charge in [0.1, 0.15) is 5.58 Å². The van der Waals surface area contributed by atoms with Crippen LogP contribution in [-0.4, -0.2) is 18.4 Å². The van der Waals surface area contributed by atoms with Crippen molar-refractivity contribution in [2.45, 2.75) is 26.7 Å². The summed E-state index contributed by atoms with van der Waals surface area (Å²) >= 11 is 0. The molecule has 142 valence electrons. The third-order valence-corrected chi connectivity index (χ3v) is 4.93. The molecule has 28 heavy (non-hydrogen) atoms. The molecular weight excluding hydrogens is 356 g/mol. The summed E-state index contributed by atoms with van der Waals surface area (Å²) in [5.74, 6) is -0.421. The zero-order valence-corrected chi connectivity index (χ0v) is 15.7. The van der Waals surface area contributed by atoms with Crippen LogP contribution in [0.5, 0.6) is 0 Å². The van der Waals surface area contributed by atoms with Gasteiger partial charge in [-0.3, -0.25) is 14.4 Å². The standard InChI is InChI=1S/C22H20N2O4/c1-13-5-8-19-16(10-13)18(25)12-20(28-19)22(27)23-15-6-7-17(14(2)11-15)24-9-3-4-21(24)26/h5-8,10-12H,3-4,9H2,1-2H3,(H,23,27). The molecule has 2 amide bonds. The van der Waals surface area contributed by atoms with Gasteiger partial charge in [-0.15, -0.1) is 0 Å². The molecule has 6 heteroatoms. The number of carbonyl (C=O) groups is 2. The number of aryl methyl sites for hydroxylation is 2. The van der Waals surface area contributed by atoms with E-state index in [2.05, 4.69) is 5.32 Å². The van der Waals surface area contributed by atoms with Gasteiger partial charge in [-0.05, 0) is 56.2 Å². The number of rotatable bonds is 3. The predicted molar refractivity (Wildman–Crippen MR) is 108 cm³/mol. The molecule has 1 fully saturated rings. The topological polar surface area (TPSA) is 79.6 Å². The maximum absolute atomic E-state index is 12.6. The fraction of sp³-hybridized carbons (Fsp3) is 0.227. The van der Waals surface area contributed by atoms with Gasteiger partial charge in [0.05, 0.1) is 5.39 Å². The third kappa shape index (κ3) is 3.29. The van der Waals surface area contributed by atoms with E-state index in [1.807, 2.05) is 26.0 Å². The molecule has 1 aromatic heterocycles. The lowest BCUT2D eigenvalue weighted by Crippen LogP contribution is -2.24. The Hall–Kier alpha value is -3.41. The number of hydrogen-bond donors (Lipinski definition) is 1. The number of anilines is 2. The molecular formula is C22H20N2O4. The van der Waals surface area contributed by atoms with Crippen molar-refractivity contribution in [2.75, 3.05) is 16.8 Å². The molecule has 1 aliphatic rings. The van der Waals surface area contributed by atoms with Crippen LogP contribution in [-0.2, 0) is 4.79 Å². The van der Waals surface area contributed by atoms with Crippen molar-refractivity contribution in [3.63, 3.8) is 0 Å². The van der Waals surface area contributed by atoms with E-state index in [4.69, 9.17) is 4.42 Å². The van der Waals surface area contributed by atoms with E-state index in [0.29, 0.717) is 29.6 Å². The van der Waals surface area contributed by atoms with Crippen LogP contribution in [0.15, 0.2) is 51.7 Å². The number of benzene rings is 2. The monoisotopic (exact) mass is 376 g/mol. The van der Waals surface area contributed by atoms with E-state index >= 15 is 0 Å². The minimum Gasteiger partial charge on any atom is -0.451 e. The molecule has 0 spiro atoms. The lowest BCUT2D eigenvalue weighted by atomic mass is 10.1. The molecule has 0 aliphatic carbocycles. The van der Waals surface area contributed by atoms with Gasteiger partial charge < -0.3 is 14.6 Å². The molecule has 6 nitrogen and oxygen atoms in total. The summed E-state index contributed by atoms with van der Waals surface area (Å²) in [6, 6.07) is 11.8. The van der Waals surface area contributed by atoms with Crippen LogP contribution in [0.2, 0.25) is 0 Å². The highest BCUT2D eigenvalue weighted by atomic mass is 16.3. The molecule has 0 bridgehead atoms. The van der Waals surface area contributed by atoms with Crippen molar-refractivity contribution >= 4 is 34.2 Å². The Labute approximate surface area is 161 Å². The van der Waals surface area contributed by atoms with Crippen LogP contribution in [0.1, 0.15) is 34.5 Å². The molecule has 1 aliphatic heterocycles. The van der Waals surface area contributed by atoms with E-state index in [0.717, 1.165) is 23.2 Å². The first-order valence-corrected chi connectivity index (χ1v) is 9.19. The second-order valence-electron chi connectivity index (χ2n) is 7.08. The van der Waals surface area contributed by atoms with E-state index in [1.165, 1.54) is 6.07 Å². The fourth-order valence-electron chi connectivity index (χ4n) is 3.51. The summed E-state index contributed by atoms with van der Waals surface area (Å²) in [7, 11) is 0. The molecule has 3 aromatic rings. The second kappa shape index (κ2) is 6.96. The zero-order chi connectivity index (χ0) is 19.8. The summed E-state index contributed by atoms with van der Waals surface area (Å²) < 4.78 is 5.62. The van der Waals surface area contributed by atoms with E-state index in [-0.39, 0.29) is 17.1 Å². The maximum Gasteiger partial charge on any atom is 0.291 e. The fourth-order valence-corrected chi connectivity index (χ4v) is 3.51. The van der Waals surface area contributed by atoms with Crippen LogP contribution in [0.4, 0.5) is 11.4 Å². The van der Waals surface area contributed by atoms with Gasteiger partial charge >= 0.3 is 0 Å². The molecule has 2 aromatic carbocycles. The molecule has 0 unspecified atom stereocenters. The molecule has 0 radical (unpaired) electrons. The van der Waals surface area contributed by atoms with Gasteiger partial charge in [0, 0.05) is 30.4 Å². The van der Waals surface area contributed by atoms with Gasteiger partial charge in [0.2, 0.25) is 5.91 Å². The van der Waals surface area contributed by atoms with Crippen LogP contribution in [0.3, 0.4) is 0 Å². The van der Waals surface area contributed by atoms with Crippen molar-refractivity contribution < 1.29 is 14.0 Å². The highest BCUT2D eigenvalue weighted by Crippen LogP contribution is 2.27. The highest BCUT2D eigenvalue weighted by Gasteiger charge is 2.23. The van der Waals surface area contributed by atoms with Crippen LogP contribution >= 0.6 is 0 Å². The van der Waals surface area contributed by atoms with Crippen LogP contribution in [0, 0.1) is 13.8 Å². The first-order chi connectivity index (χ1) is 13.4. The molecule has 4 rings (SSSR count). The predicted octanol–water partition coefficient (Wildman–Crippen LogP) is 3.79. The minimum absolute atomic E-state index is 0.0437. The van der Waals surface area contributed by atoms with Gasteiger partial charge in [-0.2, -0.15) is 0 Å². The number of carbonyl (C=O) groups excluding carboxylic acids is 2. The summed E-state index contributed by atoms with van der Waals surface area (Å²) in [6.45, 7) is 4.50. The molecule has 0 atom stereocenters. The van der Waals surface area contributed by atoms with Crippen molar-refractivity contribution in [1.82, 2.24) is 0 Å². The normalized spacial score (nSPS) is 13.9. The third-order valence-electron chi connectivity index (χ3n) is 4.93. The Morgan fingerprint density at radius 2 is 1.89 bits per heavy atom. The van der Waals surface area contributed by atoms with E-state index < -0.39 is 5.91 Å². The van der Waals surface area contributed by atoms with Gasteiger partial charge in [0.15, 0.2) is 11.2 Å². The summed E-state index contributed by atoms with van der Waals surface area (Å²) in [5.41, 5.74) is 3.39. The Balaban J connectivity index is 1.59. The first-order valence-electron chi connectivity index (χ1n) is 9.19. The van der Waals surface area contributed by atoms with E-state index in [1.54, 1.807) is 29.2 Å². The van der Waals surface area contributed by atoms with Gasteiger partial charge in [-0.25, -0.2) is 0 Å². The summed E-state index contributed by atoms with van der Waals surface area (Å²) in [6.07, 6.45) is 1.43. The smallest absolute Gasteiger partial charge is 0.291 e. The molecule has 1 N–H and O–H groups in total. The number of nitrogens with one attached hydrogen (secondary N) is 1. The maximum atomic E-state index is 12.6. The van der Waals surface area contributed by atoms with Crippen LogP contribution in [0.25, 0.3) is 11.0 Å². The van der Waals surface area contributed by atoms with Crippen molar-refractivity contribution in [3.05, 3.63) is 69.6 Å². The van der Waals surface area contributed by atoms with Crippen LogP contribution < -0.4 is 15.6 Å². The van der Waals surface area contributed by atoms with Gasteiger partial charge in [-0.1, -0.05) is 11.6 Å². The first kappa shape index (κ1) is 18.0. The Bertz CT molecular complexity index is 1160. The average molecular weight is 376 g/mol. The second-order valence-corrected chi connectivity index (χ2v) is 7.08. The van der Waals surface area contributed by atoms with Gasteiger partial charge in [0.25, 0.3) is 5.91 Å². The van der Waals surface area contributed by atoms with Crippen molar-refractivity contribution in [2.24, 2.45) is 0 Å². The lowest BCUT2D eigenvalue weighted by Gasteiger charge is -2.19. The highest BCUT2D eigenvalue weighted by molar-refractivity contribution is 6.03. The largest absolute Gasteiger partial charge is 0.451 e. The summed E-state index contributed by atoms with van der Waals surface area (Å²) in [4.78, 5) is 38.6. The van der Waals surface area contributed by atoms with Crippen molar-refractivity contribution in [3.8, 4) is 0 Å². The summed E-state index contributed by atoms with van der Waals surface area (Å²) in [5, 5.41) is 3.21. The number of nitrogens with zero attached hydrogens (tertiary/aromatic N) is 1. The molecule has 0 saturated carbocycles. The lowest BCUT2D eigenvalue weighted by molar-refractivity contribution is -0.117. The quantitative estimate of drug-likeness (QED) is 0.754. The SMILES string of the molecule is Cc1ccc2oc(C(=O)Nc3ccc(N4CCCC4=O)c(C)c3)cc(=O)c2c1. The Kier molecular flexibility index (Phi) is 4.47. The molecule has 2 heterocycles. The molecule has 1 saturated heterocycles. The van der Waals surface area contributed by atoms with E-state index in [9.17, 15) is 14.4 Å². The number of amides is 2.